The maximum absolute atomic E-state index is 13.2. The summed E-state index contributed by atoms with van der Waals surface area (Å²) in [4.78, 5) is 42.6. The molecule has 0 fully saturated rings. The zero-order valence-corrected chi connectivity index (χ0v) is 19.9. The van der Waals surface area contributed by atoms with Crippen molar-refractivity contribution in [2.24, 2.45) is 5.92 Å². The standard InChI is InChI=1S/C25H30N4O5/c1-16(2)14-26-23(30)12-10-19-25(32)29(20-8-6-5-7-18(20)28-19)15-24(31)27-17-9-11-21(33-3)22(13-17)34-4/h5-9,11,13,16H,10,12,14-15H2,1-4H3,(H,26,30)(H,27,31). The van der Waals surface area contributed by atoms with Crippen molar-refractivity contribution < 1.29 is 19.1 Å². The molecule has 0 aliphatic carbocycles. The molecule has 0 aliphatic rings. The first kappa shape index (κ1) is 24.8. The fourth-order valence-electron chi connectivity index (χ4n) is 3.46. The topological polar surface area (TPSA) is 112 Å². The maximum atomic E-state index is 13.2. The highest BCUT2D eigenvalue weighted by Crippen LogP contribution is 2.29. The van der Waals surface area contributed by atoms with Gasteiger partial charge in [-0.25, -0.2) is 4.98 Å². The van der Waals surface area contributed by atoms with Crippen molar-refractivity contribution >= 4 is 28.5 Å². The summed E-state index contributed by atoms with van der Waals surface area (Å²) < 4.78 is 11.9. The first-order valence-electron chi connectivity index (χ1n) is 11.1. The maximum Gasteiger partial charge on any atom is 0.273 e. The molecule has 34 heavy (non-hydrogen) atoms. The Morgan fingerprint density at radius 3 is 2.47 bits per heavy atom. The largest absolute Gasteiger partial charge is 0.493 e. The number of amides is 2. The van der Waals surface area contributed by atoms with Crippen LogP contribution in [0, 0.1) is 5.92 Å². The number of para-hydroxylation sites is 2. The Morgan fingerprint density at radius 2 is 1.76 bits per heavy atom. The highest BCUT2D eigenvalue weighted by molar-refractivity contribution is 5.92. The van der Waals surface area contributed by atoms with Crippen LogP contribution in [0.25, 0.3) is 11.0 Å². The highest BCUT2D eigenvalue weighted by Gasteiger charge is 2.16. The molecule has 1 heterocycles. The molecule has 1 aromatic heterocycles. The van der Waals surface area contributed by atoms with Crippen molar-refractivity contribution in [2.75, 3.05) is 26.1 Å². The lowest BCUT2D eigenvalue weighted by atomic mass is 10.2. The average Bonchev–Trinajstić information content (AvgIpc) is 2.83. The minimum absolute atomic E-state index is 0.138. The van der Waals surface area contributed by atoms with Gasteiger partial charge in [0.05, 0.1) is 25.3 Å². The van der Waals surface area contributed by atoms with E-state index >= 15 is 0 Å². The van der Waals surface area contributed by atoms with E-state index in [0.717, 1.165) is 0 Å². The van der Waals surface area contributed by atoms with E-state index in [9.17, 15) is 14.4 Å². The normalized spacial score (nSPS) is 10.9. The summed E-state index contributed by atoms with van der Waals surface area (Å²) in [7, 11) is 3.04. The van der Waals surface area contributed by atoms with E-state index in [4.69, 9.17) is 9.47 Å². The number of aryl methyl sites for hydroxylation is 1. The lowest BCUT2D eigenvalue weighted by Gasteiger charge is -2.14. The summed E-state index contributed by atoms with van der Waals surface area (Å²) in [5, 5.41) is 5.63. The number of hydrogen-bond acceptors (Lipinski definition) is 6. The summed E-state index contributed by atoms with van der Waals surface area (Å²) in [5.74, 6) is 0.833. The van der Waals surface area contributed by atoms with Gasteiger partial charge in [-0.3, -0.25) is 19.0 Å². The van der Waals surface area contributed by atoms with Crippen LogP contribution in [0.4, 0.5) is 5.69 Å². The first-order valence-corrected chi connectivity index (χ1v) is 11.1. The number of nitrogens with one attached hydrogen (secondary N) is 2. The van der Waals surface area contributed by atoms with E-state index in [2.05, 4.69) is 15.6 Å². The number of fused-ring (bicyclic) bond motifs is 1. The van der Waals surface area contributed by atoms with Crippen LogP contribution in [-0.2, 0) is 22.6 Å². The minimum Gasteiger partial charge on any atom is -0.493 e. The quantitative estimate of drug-likeness (QED) is 0.475. The molecule has 9 nitrogen and oxygen atoms in total. The van der Waals surface area contributed by atoms with Gasteiger partial charge in [0, 0.05) is 31.1 Å². The van der Waals surface area contributed by atoms with Crippen LogP contribution in [0.3, 0.4) is 0 Å². The summed E-state index contributed by atoms with van der Waals surface area (Å²) in [5.41, 5.74) is 1.49. The molecule has 9 heteroatoms. The van der Waals surface area contributed by atoms with Crippen LogP contribution < -0.4 is 25.7 Å². The third-order valence-corrected chi connectivity index (χ3v) is 5.19. The SMILES string of the molecule is COc1ccc(NC(=O)Cn2c(=O)c(CCC(=O)NCC(C)C)nc3ccccc32)cc1OC. The summed E-state index contributed by atoms with van der Waals surface area (Å²) in [6.07, 6.45) is 0.329. The number of anilines is 1. The predicted octanol–water partition coefficient (Wildman–Crippen LogP) is 2.76. The second-order valence-corrected chi connectivity index (χ2v) is 8.25. The van der Waals surface area contributed by atoms with Crippen LogP contribution in [0.2, 0.25) is 0 Å². The number of hydrogen-bond donors (Lipinski definition) is 2. The lowest BCUT2D eigenvalue weighted by Crippen LogP contribution is -2.32. The molecule has 2 aromatic carbocycles. The molecule has 180 valence electrons. The highest BCUT2D eigenvalue weighted by atomic mass is 16.5. The monoisotopic (exact) mass is 466 g/mol. The Kier molecular flexibility index (Phi) is 8.24. The molecule has 0 atom stereocenters. The van der Waals surface area contributed by atoms with E-state index in [0.29, 0.717) is 40.7 Å². The molecule has 2 amide bonds. The third kappa shape index (κ3) is 6.12. The van der Waals surface area contributed by atoms with Gasteiger partial charge in [0.15, 0.2) is 11.5 Å². The molecule has 0 bridgehead atoms. The molecule has 2 N–H and O–H groups in total. The summed E-state index contributed by atoms with van der Waals surface area (Å²) >= 11 is 0. The van der Waals surface area contributed by atoms with Crippen molar-refractivity contribution in [1.82, 2.24) is 14.9 Å². The lowest BCUT2D eigenvalue weighted by molar-refractivity contribution is -0.121. The van der Waals surface area contributed by atoms with Crippen molar-refractivity contribution in [3.63, 3.8) is 0 Å². The minimum atomic E-state index is -0.391. The predicted molar refractivity (Wildman–Crippen MR) is 130 cm³/mol. The Labute approximate surface area is 198 Å². The van der Waals surface area contributed by atoms with E-state index in [-0.39, 0.29) is 36.9 Å². The number of nitrogens with zero attached hydrogens (tertiary/aromatic N) is 2. The smallest absolute Gasteiger partial charge is 0.273 e. The van der Waals surface area contributed by atoms with Crippen LogP contribution in [0.1, 0.15) is 26.0 Å². The second kappa shape index (κ2) is 11.3. The molecule has 0 unspecified atom stereocenters. The van der Waals surface area contributed by atoms with Gasteiger partial charge in [0.2, 0.25) is 11.8 Å². The molecular formula is C25H30N4O5. The Morgan fingerprint density at radius 1 is 1.03 bits per heavy atom. The van der Waals surface area contributed by atoms with Crippen LogP contribution in [-0.4, -0.2) is 42.1 Å². The van der Waals surface area contributed by atoms with Gasteiger partial charge in [-0.05, 0) is 30.2 Å². The van der Waals surface area contributed by atoms with Gasteiger partial charge in [-0.1, -0.05) is 26.0 Å². The molecule has 0 saturated heterocycles. The number of carbonyl (C=O) groups excluding carboxylic acids is 2. The molecule has 3 aromatic rings. The molecule has 0 radical (unpaired) electrons. The van der Waals surface area contributed by atoms with Crippen LogP contribution >= 0.6 is 0 Å². The number of ether oxygens (including phenoxy) is 2. The summed E-state index contributed by atoms with van der Waals surface area (Å²) in [6, 6.07) is 12.1. The third-order valence-electron chi connectivity index (χ3n) is 5.19. The fourth-order valence-corrected chi connectivity index (χ4v) is 3.46. The van der Waals surface area contributed by atoms with Crippen molar-refractivity contribution in [3.05, 3.63) is 58.5 Å². The first-order chi connectivity index (χ1) is 16.3. The van der Waals surface area contributed by atoms with E-state index in [1.807, 2.05) is 19.9 Å². The molecule has 0 aliphatic heterocycles. The van der Waals surface area contributed by atoms with E-state index < -0.39 is 5.56 Å². The Balaban J connectivity index is 1.82. The summed E-state index contributed by atoms with van der Waals surface area (Å²) in [6.45, 7) is 4.39. The molecular weight excluding hydrogens is 436 g/mol. The average molecular weight is 467 g/mol. The zero-order valence-electron chi connectivity index (χ0n) is 19.9. The van der Waals surface area contributed by atoms with Crippen molar-refractivity contribution in [3.8, 4) is 11.5 Å². The van der Waals surface area contributed by atoms with Crippen LogP contribution in [0.15, 0.2) is 47.3 Å². The van der Waals surface area contributed by atoms with Gasteiger partial charge >= 0.3 is 0 Å². The number of carbonyl (C=O) groups is 2. The number of aromatic nitrogens is 2. The molecule has 3 rings (SSSR count). The van der Waals surface area contributed by atoms with E-state index in [1.54, 1.807) is 36.4 Å². The van der Waals surface area contributed by atoms with Gasteiger partial charge in [-0.2, -0.15) is 0 Å². The Bertz CT molecular complexity index is 1240. The van der Waals surface area contributed by atoms with E-state index in [1.165, 1.54) is 18.8 Å². The fraction of sp³-hybridized carbons (Fsp3) is 0.360. The van der Waals surface area contributed by atoms with Gasteiger partial charge in [0.1, 0.15) is 12.2 Å². The van der Waals surface area contributed by atoms with Gasteiger partial charge < -0.3 is 20.1 Å². The molecule has 0 saturated carbocycles. The number of methoxy groups -OCH3 is 2. The van der Waals surface area contributed by atoms with Crippen molar-refractivity contribution in [1.29, 1.82) is 0 Å². The van der Waals surface area contributed by atoms with Gasteiger partial charge in [-0.15, -0.1) is 0 Å². The zero-order chi connectivity index (χ0) is 24.7. The second-order valence-electron chi connectivity index (χ2n) is 8.25. The van der Waals surface area contributed by atoms with Gasteiger partial charge in [0.25, 0.3) is 5.56 Å². The van der Waals surface area contributed by atoms with Crippen LogP contribution in [0.5, 0.6) is 11.5 Å². The Hall–Kier alpha value is -3.88. The number of rotatable bonds is 10. The molecule has 0 spiro atoms. The van der Waals surface area contributed by atoms with Crippen molar-refractivity contribution in [2.45, 2.75) is 33.2 Å². The number of benzene rings is 2.